The van der Waals surface area contributed by atoms with Crippen molar-refractivity contribution in [2.45, 2.75) is 68.9 Å². The summed E-state index contributed by atoms with van der Waals surface area (Å²) in [5.41, 5.74) is 2.21. The number of alkyl halides is 1. The quantitative estimate of drug-likeness (QED) is 0.434. The molecule has 8 rings (SSSR count). The lowest BCUT2D eigenvalue weighted by Crippen LogP contribution is -2.44. The molecule has 1 aromatic heterocycles. The summed E-state index contributed by atoms with van der Waals surface area (Å²) >= 11 is 0. The second kappa shape index (κ2) is 10.2. The number of aromatic nitrogens is 2. The Morgan fingerprint density at radius 2 is 2.07 bits per heavy atom. The number of ether oxygens (including phenoxy) is 2. The lowest BCUT2D eigenvalue weighted by molar-refractivity contribution is 0.0451. The molecule has 3 saturated heterocycles. The fourth-order valence-electron chi connectivity index (χ4n) is 8.19. The molecule has 43 heavy (non-hydrogen) atoms. The minimum Gasteiger partial charge on any atom is -0.508 e. The second-order valence-corrected chi connectivity index (χ2v) is 12.7. The van der Waals surface area contributed by atoms with Crippen LogP contribution in [0.15, 0.2) is 24.3 Å². The molecular formula is C33H35F2N5O3. The minimum absolute atomic E-state index is 0.0669. The third-order valence-corrected chi connectivity index (χ3v) is 10.2. The van der Waals surface area contributed by atoms with Crippen molar-refractivity contribution < 1.29 is 23.4 Å². The molecule has 2 aromatic carbocycles. The summed E-state index contributed by atoms with van der Waals surface area (Å²) in [6, 6.07) is 6.69. The number of hydrogen-bond donors (Lipinski definition) is 1. The molecule has 3 fully saturated rings. The first kappa shape index (κ1) is 26.9. The molecule has 0 amide bonds. The Kier molecular flexibility index (Phi) is 6.39. The highest BCUT2D eigenvalue weighted by Gasteiger charge is 2.49. The summed E-state index contributed by atoms with van der Waals surface area (Å²) in [5.74, 6) is 2.97. The number of phenolic OH excluding ortho intramolecular Hbond substituents is 1. The highest BCUT2D eigenvalue weighted by Crippen LogP contribution is 2.45. The van der Waals surface area contributed by atoms with Crippen molar-refractivity contribution in [2.75, 3.05) is 49.2 Å². The second-order valence-electron chi connectivity index (χ2n) is 12.7. The molecule has 4 atom stereocenters. The van der Waals surface area contributed by atoms with E-state index in [9.17, 15) is 13.9 Å². The highest BCUT2D eigenvalue weighted by molar-refractivity contribution is 6.00. The van der Waals surface area contributed by atoms with Gasteiger partial charge in [0.25, 0.3) is 0 Å². The first-order valence-electron chi connectivity index (χ1n) is 15.4. The topological polar surface area (TPSA) is 74.2 Å². The fraction of sp³-hybridized carbons (Fsp3) is 0.515. The number of fused-ring (bicyclic) bond motifs is 4. The van der Waals surface area contributed by atoms with E-state index in [1.165, 1.54) is 6.07 Å². The number of piperidine rings is 1. The third kappa shape index (κ3) is 4.39. The minimum atomic E-state index is -0.839. The zero-order valence-electron chi connectivity index (χ0n) is 24.1. The molecule has 0 radical (unpaired) electrons. The van der Waals surface area contributed by atoms with Gasteiger partial charge in [0.05, 0.1) is 41.7 Å². The molecule has 8 nitrogen and oxygen atoms in total. The predicted octanol–water partition coefficient (Wildman–Crippen LogP) is 4.86. The maximum absolute atomic E-state index is 14.9. The molecule has 1 unspecified atom stereocenters. The smallest absolute Gasteiger partial charge is 0.318 e. The number of nitrogens with zero attached hydrogens (tertiary/aromatic N) is 5. The lowest BCUT2D eigenvalue weighted by atomic mass is 9.95. The van der Waals surface area contributed by atoms with Crippen molar-refractivity contribution in [3.8, 4) is 24.1 Å². The van der Waals surface area contributed by atoms with Gasteiger partial charge in [-0.2, -0.15) is 9.97 Å². The van der Waals surface area contributed by atoms with E-state index in [0.29, 0.717) is 61.7 Å². The lowest BCUT2D eigenvalue weighted by Gasteiger charge is -2.38. The van der Waals surface area contributed by atoms with Crippen molar-refractivity contribution in [3.05, 3.63) is 46.9 Å². The van der Waals surface area contributed by atoms with E-state index >= 15 is 0 Å². The van der Waals surface area contributed by atoms with Crippen LogP contribution in [0.2, 0.25) is 0 Å². The first-order chi connectivity index (χ1) is 20.9. The average Bonchev–Trinajstić information content (AvgIpc) is 3.48. The summed E-state index contributed by atoms with van der Waals surface area (Å²) in [5, 5.41) is 11.9. The Bertz CT molecular complexity index is 1650. The van der Waals surface area contributed by atoms with Gasteiger partial charge in [-0.3, -0.25) is 4.90 Å². The molecule has 0 saturated carbocycles. The molecule has 6 heterocycles. The van der Waals surface area contributed by atoms with Gasteiger partial charge in [-0.25, -0.2) is 8.78 Å². The molecule has 3 aromatic rings. The van der Waals surface area contributed by atoms with E-state index < -0.39 is 12.0 Å². The molecule has 10 heteroatoms. The largest absolute Gasteiger partial charge is 0.508 e. The zero-order chi connectivity index (χ0) is 29.3. The fourth-order valence-corrected chi connectivity index (χ4v) is 8.19. The SMILES string of the molecule is C#Cc1c(F)ccc2cc(O)cc(N3Cc4nc(OC[C@@]56CCCN5C[C@H](F)C6)nc5c4C(C3)OC[C@@H]3CCCCN53)c12. The van der Waals surface area contributed by atoms with Gasteiger partial charge < -0.3 is 24.4 Å². The Morgan fingerprint density at radius 3 is 2.95 bits per heavy atom. The van der Waals surface area contributed by atoms with Crippen LogP contribution in [-0.4, -0.2) is 77.1 Å². The van der Waals surface area contributed by atoms with Crippen molar-refractivity contribution in [1.82, 2.24) is 14.9 Å². The van der Waals surface area contributed by atoms with Gasteiger partial charge >= 0.3 is 6.01 Å². The van der Waals surface area contributed by atoms with Crippen molar-refractivity contribution in [1.29, 1.82) is 0 Å². The molecule has 0 spiro atoms. The molecule has 0 aliphatic carbocycles. The summed E-state index contributed by atoms with van der Waals surface area (Å²) < 4.78 is 42.3. The molecule has 0 bridgehead atoms. The Hall–Kier alpha value is -3.68. The molecular weight excluding hydrogens is 552 g/mol. The van der Waals surface area contributed by atoms with Crippen molar-refractivity contribution >= 4 is 22.3 Å². The van der Waals surface area contributed by atoms with Crippen LogP contribution in [0.3, 0.4) is 0 Å². The van der Waals surface area contributed by atoms with Gasteiger partial charge in [0.1, 0.15) is 36.3 Å². The Morgan fingerprint density at radius 1 is 1.16 bits per heavy atom. The standard InChI is InChI=1S/C33H35F2N5O3/c1-2-24-25(35)8-7-20-12-23(41)13-27(29(20)24)38-16-26-30-28(17-38)42-18-22-6-3-4-11-40(22)31(30)37-32(36-26)43-19-33-9-5-10-39(33)15-21(34)14-33/h1,7-8,12-13,21-22,28,41H,3-6,9-11,14-19H2/t21-,22+,28?,33+/m1/s1. The van der Waals surface area contributed by atoms with Crippen LogP contribution in [0.1, 0.15) is 61.4 Å². The summed E-state index contributed by atoms with van der Waals surface area (Å²) in [6.07, 6.45) is 10.3. The van der Waals surface area contributed by atoms with Crippen LogP contribution < -0.4 is 14.5 Å². The van der Waals surface area contributed by atoms with Gasteiger partial charge in [-0.15, -0.1) is 6.42 Å². The summed E-state index contributed by atoms with van der Waals surface area (Å²) in [4.78, 5) is 16.6. The number of rotatable bonds is 4. The number of aromatic hydroxyl groups is 1. The number of anilines is 2. The zero-order valence-corrected chi connectivity index (χ0v) is 24.1. The summed E-state index contributed by atoms with van der Waals surface area (Å²) in [6.45, 7) is 3.99. The normalized spacial score (nSPS) is 28.3. The maximum Gasteiger partial charge on any atom is 0.318 e. The van der Waals surface area contributed by atoms with E-state index in [0.717, 1.165) is 62.3 Å². The highest BCUT2D eigenvalue weighted by atomic mass is 19.1. The van der Waals surface area contributed by atoms with Gasteiger partial charge in [0.15, 0.2) is 0 Å². The average molecular weight is 588 g/mol. The Balaban J connectivity index is 1.21. The first-order valence-corrected chi connectivity index (χ1v) is 15.4. The van der Waals surface area contributed by atoms with Crippen molar-refractivity contribution in [2.24, 2.45) is 0 Å². The molecule has 1 N–H and O–H groups in total. The number of hydrogen-bond acceptors (Lipinski definition) is 8. The molecule has 5 aliphatic rings. The van der Waals surface area contributed by atoms with Crippen molar-refractivity contribution in [3.63, 3.8) is 0 Å². The molecule has 224 valence electrons. The summed E-state index contributed by atoms with van der Waals surface area (Å²) in [7, 11) is 0. The maximum atomic E-state index is 14.9. The van der Waals surface area contributed by atoms with E-state index in [2.05, 4.69) is 20.6 Å². The van der Waals surface area contributed by atoms with Gasteiger partial charge in [0, 0.05) is 43.1 Å². The van der Waals surface area contributed by atoms with E-state index in [4.69, 9.17) is 25.9 Å². The van der Waals surface area contributed by atoms with Crippen LogP contribution in [0.5, 0.6) is 11.8 Å². The third-order valence-electron chi connectivity index (χ3n) is 10.2. The predicted molar refractivity (Wildman–Crippen MR) is 159 cm³/mol. The number of phenols is 1. The number of benzene rings is 2. The monoisotopic (exact) mass is 587 g/mol. The van der Waals surface area contributed by atoms with Crippen LogP contribution in [0.25, 0.3) is 10.8 Å². The number of terminal acetylenes is 1. The van der Waals surface area contributed by atoms with Crippen LogP contribution in [0.4, 0.5) is 20.3 Å². The number of halogens is 2. The van der Waals surface area contributed by atoms with Gasteiger partial charge in [-0.1, -0.05) is 12.0 Å². The van der Waals surface area contributed by atoms with Gasteiger partial charge in [-0.05, 0) is 56.2 Å². The molecule has 5 aliphatic heterocycles. The van der Waals surface area contributed by atoms with E-state index in [-0.39, 0.29) is 29.0 Å². The van der Waals surface area contributed by atoms with Crippen LogP contribution in [0, 0.1) is 18.2 Å². The van der Waals surface area contributed by atoms with Crippen LogP contribution >= 0.6 is 0 Å². The van der Waals surface area contributed by atoms with Gasteiger partial charge in [0.2, 0.25) is 0 Å². The van der Waals surface area contributed by atoms with E-state index in [1.54, 1.807) is 18.2 Å². The van der Waals surface area contributed by atoms with Crippen LogP contribution in [-0.2, 0) is 11.3 Å². The van der Waals surface area contributed by atoms with E-state index in [1.807, 2.05) is 0 Å². The Labute approximate surface area is 249 Å².